The average molecular weight is 541 g/mol. The molecule has 4 aromatic rings. The number of benzene rings is 2. The number of halogens is 1. The molecule has 0 aliphatic heterocycles. The summed E-state index contributed by atoms with van der Waals surface area (Å²) in [5.74, 6) is 0.531. The molecule has 0 amide bonds. The zero-order chi connectivity index (χ0) is 24.7. The van der Waals surface area contributed by atoms with Crippen LogP contribution in [0.15, 0.2) is 63.7 Å². The molecule has 34 heavy (non-hydrogen) atoms. The van der Waals surface area contributed by atoms with Gasteiger partial charge in [-0.25, -0.2) is 21.1 Å². The zero-order valence-electron chi connectivity index (χ0n) is 18.4. The second-order valence-corrected chi connectivity index (χ2v) is 13.2. The quantitative estimate of drug-likeness (QED) is 0.363. The van der Waals surface area contributed by atoms with Gasteiger partial charge in [0.05, 0.1) is 33.8 Å². The molecule has 0 aliphatic rings. The van der Waals surface area contributed by atoms with Crippen LogP contribution in [0.25, 0.3) is 10.9 Å². The summed E-state index contributed by atoms with van der Waals surface area (Å²) >= 11 is 6.84. The molecule has 0 aliphatic carbocycles. The average Bonchev–Trinajstić information content (AvgIpc) is 3.38. The van der Waals surface area contributed by atoms with Gasteiger partial charge in [-0.2, -0.15) is 5.10 Å². The van der Waals surface area contributed by atoms with E-state index in [4.69, 9.17) is 16.3 Å². The molecule has 0 atom stereocenters. The molecule has 2 heterocycles. The lowest BCUT2D eigenvalue weighted by molar-refractivity contribution is 0.420. The smallest absolute Gasteiger partial charge is 0.272 e. The van der Waals surface area contributed by atoms with Crippen molar-refractivity contribution in [3.8, 4) is 5.75 Å². The van der Waals surface area contributed by atoms with E-state index in [2.05, 4.69) is 9.82 Å². The number of rotatable bonds is 8. The summed E-state index contributed by atoms with van der Waals surface area (Å²) in [6, 6.07) is 14.7. The third-order valence-corrected chi connectivity index (χ3v) is 9.89. The van der Waals surface area contributed by atoms with Crippen molar-refractivity contribution in [1.29, 1.82) is 0 Å². The van der Waals surface area contributed by atoms with E-state index in [9.17, 15) is 16.8 Å². The minimum absolute atomic E-state index is 0.0525. The molecule has 1 N–H and O–H groups in total. The van der Waals surface area contributed by atoms with Crippen molar-refractivity contribution in [2.45, 2.75) is 15.6 Å². The first-order chi connectivity index (χ1) is 16.0. The number of fused-ring (bicyclic) bond motifs is 1. The highest BCUT2D eigenvalue weighted by Gasteiger charge is 2.23. The van der Waals surface area contributed by atoms with Crippen LogP contribution in [0.4, 0.5) is 5.82 Å². The first-order valence-electron chi connectivity index (χ1n) is 9.86. The van der Waals surface area contributed by atoms with Gasteiger partial charge >= 0.3 is 0 Å². The van der Waals surface area contributed by atoms with Crippen molar-refractivity contribution < 1.29 is 21.6 Å². The number of methoxy groups -OCH3 is 1. The Hall–Kier alpha value is -2.64. The van der Waals surface area contributed by atoms with Gasteiger partial charge in [0.25, 0.3) is 10.0 Å². The molecule has 9 nitrogen and oxygen atoms in total. The SMILES string of the molecule is COc1cccc2c1c(NS(=O)(=O)c1ccc(Cl)s1)nn2Cc1cccc(S(=O)(=O)N(C)C)c1. The molecule has 4 rings (SSSR count). The highest BCUT2D eigenvalue weighted by atomic mass is 35.5. The van der Waals surface area contributed by atoms with Gasteiger partial charge in [0.2, 0.25) is 10.0 Å². The van der Waals surface area contributed by atoms with Crippen molar-refractivity contribution in [2.24, 2.45) is 0 Å². The van der Waals surface area contributed by atoms with E-state index in [0.717, 1.165) is 15.6 Å². The summed E-state index contributed by atoms with van der Waals surface area (Å²) in [6.45, 7) is 0.201. The minimum Gasteiger partial charge on any atom is -0.496 e. The van der Waals surface area contributed by atoms with Crippen LogP contribution in [-0.4, -0.2) is 52.1 Å². The maximum Gasteiger partial charge on any atom is 0.272 e. The fourth-order valence-electron chi connectivity index (χ4n) is 3.37. The van der Waals surface area contributed by atoms with Crippen molar-refractivity contribution >= 4 is 59.7 Å². The van der Waals surface area contributed by atoms with Crippen LogP contribution in [0, 0.1) is 0 Å². The van der Waals surface area contributed by atoms with Crippen molar-refractivity contribution in [1.82, 2.24) is 14.1 Å². The summed E-state index contributed by atoms with van der Waals surface area (Å²) in [5, 5.41) is 4.98. The zero-order valence-corrected chi connectivity index (χ0v) is 21.6. The molecule has 180 valence electrons. The van der Waals surface area contributed by atoms with E-state index in [-0.39, 0.29) is 21.5 Å². The number of nitrogens with zero attached hydrogens (tertiary/aromatic N) is 3. The normalized spacial score (nSPS) is 12.4. The first-order valence-corrected chi connectivity index (χ1v) is 14.0. The van der Waals surface area contributed by atoms with Crippen molar-refractivity contribution in [2.75, 3.05) is 25.9 Å². The molecule has 0 saturated carbocycles. The van der Waals surface area contributed by atoms with Crippen molar-refractivity contribution in [3.63, 3.8) is 0 Å². The van der Waals surface area contributed by atoms with Crippen LogP contribution in [0.2, 0.25) is 4.34 Å². The molecule has 13 heteroatoms. The number of aromatic nitrogens is 2. The van der Waals surface area contributed by atoms with E-state index < -0.39 is 20.0 Å². The number of sulfonamides is 2. The third kappa shape index (κ3) is 4.64. The minimum atomic E-state index is -3.94. The fraction of sp³-hybridized carbons (Fsp3) is 0.190. The number of thiophene rings is 1. The van der Waals surface area contributed by atoms with E-state index in [1.807, 2.05) is 0 Å². The van der Waals surface area contributed by atoms with Gasteiger partial charge in [-0.05, 0) is 42.0 Å². The molecule has 2 aromatic carbocycles. The molecular weight excluding hydrogens is 520 g/mol. The van der Waals surface area contributed by atoms with E-state index in [1.165, 1.54) is 39.4 Å². The number of nitrogens with one attached hydrogen (secondary N) is 1. The van der Waals surface area contributed by atoms with Gasteiger partial charge in [-0.1, -0.05) is 29.8 Å². The summed E-state index contributed by atoms with van der Waals surface area (Å²) in [7, 11) is -3.13. The first kappa shape index (κ1) is 24.5. The van der Waals surface area contributed by atoms with Crippen LogP contribution < -0.4 is 9.46 Å². The number of hydrogen-bond acceptors (Lipinski definition) is 7. The number of hydrogen-bond donors (Lipinski definition) is 1. The molecule has 0 unspecified atom stereocenters. The molecular formula is C21H21ClN4O5S3. The number of ether oxygens (including phenoxy) is 1. The second kappa shape index (κ2) is 9.19. The van der Waals surface area contributed by atoms with Crippen LogP contribution in [0.1, 0.15) is 5.56 Å². The van der Waals surface area contributed by atoms with E-state index in [0.29, 0.717) is 26.6 Å². The Labute approximate surface area is 206 Å². The van der Waals surface area contributed by atoms with Gasteiger partial charge in [0.15, 0.2) is 5.82 Å². The topological polar surface area (TPSA) is 111 Å². The fourth-order valence-corrected chi connectivity index (χ4v) is 6.83. The summed E-state index contributed by atoms with van der Waals surface area (Å²) in [6.07, 6.45) is 0. The number of anilines is 1. The predicted octanol–water partition coefficient (Wildman–Crippen LogP) is 3.86. The Morgan fingerprint density at radius 1 is 1.09 bits per heavy atom. The van der Waals surface area contributed by atoms with E-state index >= 15 is 0 Å². The highest BCUT2D eigenvalue weighted by molar-refractivity contribution is 7.94. The Balaban J connectivity index is 1.79. The highest BCUT2D eigenvalue weighted by Crippen LogP contribution is 2.35. The Morgan fingerprint density at radius 3 is 2.47 bits per heavy atom. The summed E-state index contributed by atoms with van der Waals surface area (Å²) in [5.41, 5.74) is 1.29. The molecule has 0 fully saturated rings. The van der Waals surface area contributed by atoms with Crippen LogP contribution in [0.5, 0.6) is 5.75 Å². The van der Waals surface area contributed by atoms with Gasteiger partial charge < -0.3 is 4.74 Å². The van der Waals surface area contributed by atoms with Crippen LogP contribution in [-0.2, 0) is 26.6 Å². The third-order valence-electron chi connectivity index (χ3n) is 5.01. The molecule has 0 saturated heterocycles. The second-order valence-electron chi connectivity index (χ2n) is 7.46. The van der Waals surface area contributed by atoms with Crippen molar-refractivity contribution in [3.05, 3.63) is 64.5 Å². The van der Waals surface area contributed by atoms with Crippen LogP contribution in [0.3, 0.4) is 0 Å². The molecule has 0 radical (unpaired) electrons. The lowest BCUT2D eigenvalue weighted by Gasteiger charge is -2.12. The Morgan fingerprint density at radius 2 is 1.82 bits per heavy atom. The predicted molar refractivity (Wildman–Crippen MR) is 133 cm³/mol. The van der Waals surface area contributed by atoms with Gasteiger partial charge in [-0.15, -0.1) is 11.3 Å². The molecule has 2 aromatic heterocycles. The van der Waals surface area contributed by atoms with E-state index in [1.54, 1.807) is 41.1 Å². The summed E-state index contributed by atoms with van der Waals surface area (Å²) in [4.78, 5) is 0.152. The lowest BCUT2D eigenvalue weighted by Crippen LogP contribution is -2.22. The maximum atomic E-state index is 12.9. The Kier molecular flexibility index (Phi) is 6.62. The van der Waals surface area contributed by atoms with Gasteiger partial charge in [0.1, 0.15) is 9.96 Å². The van der Waals surface area contributed by atoms with Gasteiger partial charge in [0, 0.05) is 14.1 Å². The molecule has 0 spiro atoms. The largest absolute Gasteiger partial charge is 0.496 e. The standard InChI is InChI=1S/C21H21ClN4O5S3/c1-25(2)34(29,30)15-7-4-6-14(12-15)13-26-16-8-5-9-17(31-3)20(16)21(23-26)24-33(27,28)19-11-10-18(22)32-19/h4-12H,13H2,1-3H3,(H,23,24). The Bertz CT molecular complexity index is 1580. The maximum absolute atomic E-state index is 12.9. The summed E-state index contributed by atoms with van der Waals surface area (Å²) < 4.78 is 62.0. The lowest BCUT2D eigenvalue weighted by atomic mass is 10.2. The van der Waals surface area contributed by atoms with Crippen LogP contribution >= 0.6 is 22.9 Å². The molecule has 0 bridgehead atoms. The monoisotopic (exact) mass is 540 g/mol. The van der Waals surface area contributed by atoms with Gasteiger partial charge in [-0.3, -0.25) is 9.40 Å².